The van der Waals surface area contributed by atoms with Gasteiger partial charge in [0, 0.05) is 11.4 Å². The molecule has 0 saturated carbocycles. The summed E-state index contributed by atoms with van der Waals surface area (Å²) in [5, 5.41) is 2.78. The van der Waals surface area contributed by atoms with Crippen LogP contribution in [0.4, 0.5) is 5.69 Å². The molecule has 1 amide bonds. The zero-order valence-corrected chi connectivity index (χ0v) is 10.4. The minimum Gasteiger partial charge on any atom is -0.325 e. The van der Waals surface area contributed by atoms with Gasteiger partial charge in [0.1, 0.15) is 4.87 Å². The highest BCUT2D eigenvalue weighted by Crippen LogP contribution is 2.21. The molecule has 0 spiro atoms. The van der Waals surface area contributed by atoms with Gasteiger partial charge in [0.15, 0.2) is 0 Å². The van der Waals surface area contributed by atoms with Crippen LogP contribution in [0.2, 0.25) is 0 Å². The normalized spacial score (nSPS) is 14.3. The molecule has 0 saturated heterocycles. The van der Waals surface area contributed by atoms with E-state index in [1.54, 1.807) is 18.7 Å². The van der Waals surface area contributed by atoms with E-state index in [9.17, 15) is 4.79 Å². The Morgan fingerprint density at radius 2 is 2.07 bits per heavy atom. The summed E-state index contributed by atoms with van der Waals surface area (Å²) >= 11 is 7.66. The first-order valence-electron chi connectivity index (χ1n) is 4.60. The van der Waals surface area contributed by atoms with Crippen molar-refractivity contribution in [3.63, 3.8) is 0 Å². The second kappa shape index (κ2) is 5.42. The molecule has 1 unspecified atom stereocenters. The zero-order valence-electron chi connectivity index (χ0n) is 8.79. The van der Waals surface area contributed by atoms with Gasteiger partial charge < -0.3 is 5.32 Å². The molecule has 0 bridgehead atoms. The number of carbonyl (C=O) groups excluding carboxylic acids is 1. The van der Waals surface area contributed by atoms with Crippen molar-refractivity contribution in [2.45, 2.75) is 11.8 Å². The summed E-state index contributed by atoms with van der Waals surface area (Å²) in [6, 6.07) is 9.32. The van der Waals surface area contributed by atoms with Crippen molar-refractivity contribution < 1.29 is 4.79 Å². The van der Waals surface area contributed by atoms with E-state index in [0.29, 0.717) is 5.75 Å². The van der Waals surface area contributed by atoms with Crippen molar-refractivity contribution >= 4 is 35.0 Å². The number of thioether (sulfide) groups is 1. The van der Waals surface area contributed by atoms with Crippen LogP contribution in [0.15, 0.2) is 30.3 Å². The van der Waals surface area contributed by atoms with Gasteiger partial charge in [-0.2, -0.15) is 11.8 Å². The largest absolute Gasteiger partial charge is 0.325 e. The van der Waals surface area contributed by atoms with Crippen LogP contribution in [0.5, 0.6) is 0 Å². The third-order valence-corrected chi connectivity index (χ3v) is 3.25. The summed E-state index contributed by atoms with van der Waals surface area (Å²) in [5.74, 6) is 0.428. The van der Waals surface area contributed by atoms with Crippen LogP contribution >= 0.6 is 23.4 Å². The van der Waals surface area contributed by atoms with Crippen molar-refractivity contribution in [3.05, 3.63) is 30.3 Å². The van der Waals surface area contributed by atoms with Gasteiger partial charge in [-0.25, -0.2) is 0 Å². The molecule has 0 fully saturated rings. The van der Waals surface area contributed by atoms with Gasteiger partial charge in [-0.15, -0.1) is 11.6 Å². The number of nitrogens with one attached hydrogen (secondary N) is 1. The molecule has 1 aromatic rings. The Morgan fingerprint density at radius 1 is 1.47 bits per heavy atom. The molecule has 1 aromatic carbocycles. The van der Waals surface area contributed by atoms with Gasteiger partial charge in [-0.1, -0.05) is 18.2 Å². The summed E-state index contributed by atoms with van der Waals surface area (Å²) in [6.45, 7) is 1.73. The fourth-order valence-corrected chi connectivity index (χ4v) is 2.17. The first-order chi connectivity index (χ1) is 7.06. The van der Waals surface area contributed by atoms with Crippen LogP contribution < -0.4 is 5.32 Å². The Kier molecular flexibility index (Phi) is 4.48. The van der Waals surface area contributed by atoms with E-state index in [2.05, 4.69) is 5.32 Å². The second-order valence-electron chi connectivity index (χ2n) is 3.45. The summed E-state index contributed by atoms with van der Waals surface area (Å²) in [6.07, 6.45) is 1.93. The topological polar surface area (TPSA) is 29.1 Å². The van der Waals surface area contributed by atoms with Crippen LogP contribution in [0.1, 0.15) is 6.92 Å². The molecule has 15 heavy (non-hydrogen) atoms. The number of alkyl halides is 1. The summed E-state index contributed by atoms with van der Waals surface area (Å²) < 4.78 is 0. The molecule has 1 N–H and O–H groups in total. The van der Waals surface area contributed by atoms with E-state index in [1.165, 1.54) is 0 Å². The van der Waals surface area contributed by atoms with E-state index in [4.69, 9.17) is 11.6 Å². The van der Waals surface area contributed by atoms with E-state index < -0.39 is 4.87 Å². The molecular weight excluding hydrogens is 230 g/mol. The maximum absolute atomic E-state index is 11.8. The average Bonchev–Trinajstić information content (AvgIpc) is 2.19. The van der Waals surface area contributed by atoms with Crippen LogP contribution in [-0.4, -0.2) is 22.8 Å². The van der Waals surface area contributed by atoms with E-state index in [1.807, 2.05) is 36.6 Å². The summed E-state index contributed by atoms with van der Waals surface area (Å²) in [7, 11) is 0. The van der Waals surface area contributed by atoms with Gasteiger partial charge in [-0.3, -0.25) is 4.79 Å². The average molecular weight is 244 g/mol. The van der Waals surface area contributed by atoms with E-state index in [-0.39, 0.29) is 5.91 Å². The molecule has 0 heterocycles. The van der Waals surface area contributed by atoms with Crippen LogP contribution in [-0.2, 0) is 4.79 Å². The molecule has 0 radical (unpaired) electrons. The standard InChI is InChI=1S/C11H14ClNOS/c1-11(12,8-15-2)10(14)13-9-6-4-3-5-7-9/h3-7H,8H2,1-2H3,(H,13,14). The predicted molar refractivity (Wildman–Crippen MR) is 67.7 cm³/mol. The predicted octanol–water partition coefficient (Wildman–Crippen LogP) is 2.99. The number of benzene rings is 1. The number of halogens is 1. The summed E-state index contributed by atoms with van der Waals surface area (Å²) in [4.78, 5) is 10.9. The lowest BCUT2D eigenvalue weighted by Gasteiger charge is -2.19. The highest BCUT2D eigenvalue weighted by atomic mass is 35.5. The van der Waals surface area contributed by atoms with Gasteiger partial charge in [0.2, 0.25) is 5.91 Å². The van der Waals surface area contributed by atoms with Crippen molar-refractivity contribution in [1.82, 2.24) is 0 Å². The number of rotatable bonds is 4. The quantitative estimate of drug-likeness (QED) is 0.824. The third kappa shape index (κ3) is 3.76. The van der Waals surface area contributed by atoms with Crippen molar-refractivity contribution in [3.8, 4) is 0 Å². The van der Waals surface area contributed by atoms with Crippen molar-refractivity contribution in [1.29, 1.82) is 0 Å². The molecule has 0 aromatic heterocycles. The lowest BCUT2D eigenvalue weighted by molar-refractivity contribution is -0.117. The fourth-order valence-electron chi connectivity index (χ4n) is 1.12. The Hall–Kier alpha value is -0.670. The van der Waals surface area contributed by atoms with Gasteiger partial charge in [0.25, 0.3) is 0 Å². The maximum Gasteiger partial charge on any atom is 0.246 e. The number of carbonyl (C=O) groups is 1. The lowest BCUT2D eigenvalue weighted by atomic mass is 10.2. The molecule has 1 atom stereocenters. The summed E-state index contributed by atoms with van der Waals surface area (Å²) in [5.41, 5.74) is 0.774. The molecule has 4 heteroatoms. The second-order valence-corrected chi connectivity index (χ2v) is 5.15. The van der Waals surface area contributed by atoms with Gasteiger partial charge in [-0.05, 0) is 25.3 Å². The van der Waals surface area contributed by atoms with E-state index in [0.717, 1.165) is 5.69 Å². The number of para-hydroxylation sites is 1. The van der Waals surface area contributed by atoms with Crippen LogP contribution in [0, 0.1) is 0 Å². The molecule has 82 valence electrons. The number of hydrogen-bond donors (Lipinski definition) is 1. The van der Waals surface area contributed by atoms with Crippen LogP contribution in [0.3, 0.4) is 0 Å². The Labute approximate surface area is 99.4 Å². The Balaban J connectivity index is 2.63. The van der Waals surface area contributed by atoms with E-state index >= 15 is 0 Å². The third-order valence-electron chi connectivity index (χ3n) is 1.92. The highest BCUT2D eigenvalue weighted by Gasteiger charge is 2.29. The lowest BCUT2D eigenvalue weighted by Crippen LogP contribution is -2.37. The molecule has 2 nitrogen and oxygen atoms in total. The fraction of sp³-hybridized carbons (Fsp3) is 0.364. The Bertz CT molecular complexity index is 327. The van der Waals surface area contributed by atoms with Gasteiger partial charge in [0.05, 0.1) is 0 Å². The minimum atomic E-state index is -0.852. The Morgan fingerprint density at radius 3 is 2.60 bits per heavy atom. The smallest absolute Gasteiger partial charge is 0.246 e. The number of hydrogen-bond acceptors (Lipinski definition) is 2. The first-order valence-corrected chi connectivity index (χ1v) is 6.38. The molecule has 0 aliphatic carbocycles. The maximum atomic E-state index is 11.8. The molecule has 0 aliphatic heterocycles. The SMILES string of the molecule is CSCC(C)(Cl)C(=O)Nc1ccccc1. The highest BCUT2D eigenvalue weighted by molar-refractivity contribution is 7.98. The molecule has 1 rings (SSSR count). The van der Waals surface area contributed by atoms with Gasteiger partial charge >= 0.3 is 0 Å². The van der Waals surface area contributed by atoms with Crippen LogP contribution in [0.25, 0.3) is 0 Å². The van der Waals surface area contributed by atoms with Crippen molar-refractivity contribution in [2.24, 2.45) is 0 Å². The van der Waals surface area contributed by atoms with Crippen molar-refractivity contribution in [2.75, 3.05) is 17.3 Å². The number of amides is 1. The first kappa shape index (κ1) is 12.4. The number of anilines is 1. The molecule has 0 aliphatic rings. The molecular formula is C11H14ClNOS. The monoisotopic (exact) mass is 243 g/mol. The zero-order chi connectivity index (χ0) is 11.3. The minimum absolute atomic E-state index is 0.162.